The number of nitrogens with zero attached hydrogens (tertiary/aromatic N) is 3. The maximum absolute atomic E-state index is 12.0. The summed E-state index contributed by atoms with van der Waals surface area (Å²) in [4.78, 5) is 13.5. The highest BCUT2D eigenvalue weighted by atomic mass is 16.7. The number of amides is 1. The first-order valence-electron chi connectivity index (χ1n) is 6.86. The Hall–Kier alpha value is -2.94. The van der Waals surface area contributed by atoms with Crippen LogP contribution in [0.2, 0.25) is 0 Å². The summed E-state index contributed by atoms with van der Waals surface area (Å²) in [6, 6.07) is 7.21. The van der Waals surface area contributed by atoms with Gasteiger partial charge in [0.2, 0.25) is 6.79 Å². The van der Waals surface area contributed by atoms with Crippen molar-refractivity contribution in [1.82, 2.24) is 14.7 Å². The number of ether oxygens (including phenoxy) is 2. The minimum Gasteiger partial charge on any atom is -0.454 e. The lowest BCUT2D eigenvalue weighted by Gasteiger charge is -2.13. The molecule has 112 valence electrons. The number of carbonyl (C=O) groups is 1. The average molecular weight is 297 g/mol. The molecular weight excluding hydrogens is 282 g/mol. The number of benzene rings is 1. The molecule has 1 aliphatic rings. The fourth-order valence-electron chi connectivity index (χ4n) is 1.98. The van der Waals surface area contributed by atoms with E-state index >= 15 is 0 Å². The highest BCUT2D eigenvalue weighted by molar-refractivity contribution is 5.93. The highest BCUT2D eigenvalue weighted by Gasteiger charge is 2.12. The van der Waals surface area contributed by atoms with Crippen LogP contribution in [0.15, 0.2) is 36.7 Å². The van der Waals surface area contributed by atoms with Gasteiger partial charge in [-0.25, -0.2) is 0 Å². The molecule has 0 N–H and O–H groups in total. The van der Waals surface area contributed by atoms with Crippen molar-refractivity contribution >= 4 is 5.91 Å². The second-order valence-electron chi connectivity index (χ2n) is 4.81. The lowest BCUT2D eigenvalue weighted by atomic mass is 10.2. The van der Waals surface area contributed by atoms with Crippen molar-refractivity contribution in [3.8, 4) is 23.3 Å². The van der Waals surface area contributed by atoms with Gasteiger partial charge in [0.1, 0.15) is 0 Å². The van der Waals surface area contributed by atoms with Gasteiger partial charge >= 0.3 is 0 Å². The van der Waals surface area contributed by atoms with E-state index in [4.69, 9.17) is 9.47 Å². The van der Waals surface area contributed by atoms with E-state index in [1.54, 1.807) is 41.0 Å². The molecule has 0 aliphatic carbocycles. The first kappa shape index (κ1) is 14.0. The summed E-state index contributed by atoms with van der Waals surface area (Å²) >= 11 is 0. The Kier molecular flexibility index (Phi) is 3.97. The molecule has 22 heavy (non-hydrogen) atoms. The summed E-state index contributed by atoms with van der Waals surface area (Å²) in [5.41, 5.74) is 0.720. The lowest BCUT2D eigenvalue weighted by Crippen LogP contribution is -2.29. The number of hydrogen-bond donors (Lipinski definition) is 0. The van der Waals surface area contributed by atoms with E-state index in [-0.39, 0.29) is 12.7 Å². The molecule has 0 atom stereocenters. The van der Waals surface area contributed by atoms with Gasteiger partial charge in [0.05, 0.1) is 6.54 Å². The van der Waals surface area contributed by atoms with Crippen molar-refractivity contribution in [2.75, 3.05) is 20.4 Å². The number of carbonyl (C=O) groups excluding carboxylic acids is 1. The second kappa shape index (κ2) is 6.22. The third kappa shape index (κ3) is 3.20. The Morgan fingerprint density at radius 2 is 2.27 bits per heavy atom. The molecule has 0 fully saturated rings. The molecule has 0 radical (unpaired) electrons. The van der Waals surface area contributed by atoms with Gasteiger partial charge in [-0.2, -0.15) is 5.10 Å². The molecule has 0 saturated carbocycles. The van der Waals surface area contributed by atoms with Gasteiger partial charge in [0.25, 0.3) is 5.91 Å². The summed E-state index contributed by atoms with van der Waals surface area (Å²) in [5.74, 6) is 6.61. The third-order valence-electron chi connectivity index (χ3n) is 3.26. The molecule has 2 heterocycles. The Morgan fingerprint density at radius 1 is 1.41 bits per heavy atom. The van der Waals surface area contributed by atoms with Crippen LogP contribution in [-0.2, 0) is 11.3 Å². The molecule has 0 spiro atoms. The van der Waals surface area contributed by atoms with Gasteiger partial charge in [-0.1, -0.05) is 5.92 Å². The van der Waals surface area contributed by atoms with Crippen LogP contribution < -0.4 is 9.47 Å². The normalized spacial score (nSPS) is 11.7. The smallest absolute Gasteiger partial charge is 0.298 e. The van der Waals surface area contributed by atoms with Crippen molar-refractivity contribution in [1.29, 1.82) is 0 Å². The lowest BCUT2D eigenvalue weighted by molar-refractivity contribution is -0.124. The van der Waals surface area contributed by atoms with E-state index in [2.05, 4.69) is 16.9 Å². The quantitative estimate of drug-likeness (QED) is 0.797. The number of fused-ring (bicyclic) bond motifs is 1. The number of rotatable bonds is 3. The summed E-state index contributed by atoms with van der Waals surface area (Å²) in [6.07, 6.45) is 3.57. The Balaban J connectivity index is 1.59. The van der Waals surface area contributed by atoms with Crippen molar-refractivity contribution in [2.45, 2.75) is 6.54 Å². The minimum atomic E-state index is -0.232. The molecule has 1 aromatic carbocycles. The molecule has 0 saturated heterocycles. The fraction of sp³-hybridized carbons (Fsp3) is 0.250. The fourth-order valence-corrected chi connectivity index (χ4v) is 1.98. The third-order valence-corrected chi connectivity index (χ3v) is 3.26. The van der Waals surface area contributed by atoms with Crippen LogP contribution in [0, 0.1) is 11.8 Å². The zero-order valence-electron chi connectivity index (χ0n) is 12.2. The van der Waals surface area contributed by atoms with Crippen molar-refractivity contribution < 1.29 is 14.3 Å². The molecule has 0 unspecified atom stereocenters. The molecule has 1 aliphatic heterocycles. The Labute approximate surface area is 128 Å². The molecule has 1 aromatic heterocycles. The maximum Gasteiger partial charge on any atom is 0.298 e. The van der Waals surface area contributed by atoms with Crippen LogP contribution in [0.1, 0.15) is 5.56 Å². The van der Waals surface area contributed by atoms with E-state index in [0.717, 1.165) is 5.56 Å². The predicted molar refractivity (Wildman–Crippen MR) is 79.3 cm³/mol. The topological polar surface area (TPSA) is 56.6 Å². The molecule has 6 heteroatoms. The van der Waals surface area contributed by atoms with Gasteiger partial charge in [-0.05, 0) is 24.3 Å². The largest absolute Gasteiger partial charge is 0.454 e. The van der Waals surface area contributed by atoms with Crippen molar-refractivity contribution in [2.24, 2.45) is 0 Å². The van der Waals surface area contributed by atoms with E-state index < -0.39 is 0 Å². The number of aromatic nitrogens is 2. The standard InChI is InChI=1S/C16H15N3O3/c1-18(9-10-19-8-2-7-17-19)16(20)6-4-13-3-5-14-15(11-13)22-12-21-14/h2-3,5,7-8,11H,9-10,12H2,1H3. The van der Waals surface area contributed by atoms with Crippen molar-refractivity contribution in [3.63, 3.8) is 0 Å². The van der Waals surface area contributed by atoms with Crippen LogP contribution in [0.3, 0.4) is 0 Å². The summed E-state index contributed by atoms with van der Waals surface area (Å²) in [6.45, 7) is 1.42. The highest BCUT2D eigenvalue weighted by Crippen LogP contribution is 2.32. The Morgan fingerprint density at radius 3 is 3.09 bits per heavy atom. The van der Waals surface area contributed by atoms with Crippen LogP contribution in [-0.4, -0.2) is 41.0 Å². The first-order chi connectivity index (χ1) is 10.7. The molecule has 1 amide bonds. The number of likely N-dealkylation sites (N-methyl/N-ethyl adjacent to an activating group) is 1. The molecule has 3 rings (SSSR count). The molecular formula is C16H15N3O3. The predicted octanol–water partition coefficient (Wildman–Crippen LogP) is 1.12. The SMILES string of the molecule is CN(CCn1cccn1)C(=O)C#Cc1ccc2c(c1)OCO2. The monoisotopic (exact) mass is 297 g/mol. The van der Waals surface area contributed by atoms with Crippen molar-refractivity contribution in [3.05, 3.63) is 42.2 Å². The maximum atomic E-state index is 12.0. The van der Waals surface area contributed by atoms with E-state index in [1.807, 2.05) is 12.3 Å². The van der Waals surface area contributed by atoms with Gasteiger partial charge < -0.3 is 14.4 Å². The van der Waals surface area contributed by atoms with Gasteiger partial charge in [-0.15, -0.1) is 0 Å². The molecule has 2 aromatic rings. The van der Waals surface area contributed by atoms with E-state index in [9.17, 15) is 4.79 Å². The van der Waals surface area contributed by atoms with Crippen LogP contribution in [0.5, 0.6) is 11.5 Å². The van der Waals surface area contributed by atoms with Crippen LogP contribution in [0.4, 0.5) is 0 Å². The minimum absolute atomic E-state index is 0.224. The summed E-state index contributed by atoms with van der Waals surface area (Å²) < 4.78 is 12.3. The summed E-state index contributed by atoms with van der Waals surface area (Å²) in [7, 11) is 1.72. The van der Waals surface area contributed by atoms with Crippen LogP contribution in [0.25, 0.3) is 0 Å². The zero-order valence-corrected chi connectivity index (χ0v) is 12.2. The van der Waals surface area contributed by atoms with E-state index in [1.165, 1.54) is 0 Å². The second-order valence-corrected chi connectivity index (χ2v) is 4.81. The van der Waals surface area contributed by atoms with E-state index in [0.29, 0.717) is 24.6 Å². The Bertz CT molecular complexity index is 729. The first-order valence-corrected chi connectivity index (χ1v) is 6.86. The number of hydrogen-bond acceptors (Lipinski definition) is 4. The molecule has 0 bridgehead atoms. The van der Waals surface area contributed by atoms with Crippen LogP contribution >= 0.6 is 0 Å². The average Bonchev–Trinajstić information content (AvgIpc) is 3.20. The van der Waals surface area contributed by atoms with Gasteiger partial charge in [0.15, 0.2) is 11.5 Å². The molecule has 6 nitrogen and oxygen atoms in total. The van der Waals surface area contributed by atoms with Gasteiger partial charge in [-0.3, -0.25) is 9.48 Å². The summed E-state index contributed by atoms with van der Waals surface area (Å²) in [5, 5.41) is 4.09. The van der Waals surface area contributed by atoms with Gasteiger partial charge in [0, 0.05) is 37.5 Å². The zero-order chi connectivity index (χ0) is 15.4.